The fourth-order valence-corrected chi connectivity index (χ4v) is 5.05. The summed E-state index contributed by atoms with van der Waals surface area (Å²) in [6.45, 7) is 5.45. The minimum Gasteiger partial charge on any atom is -0.378 e. The van der Waals surface area contributed by atoms with E-state index >= 15 is 0 Å². The first kappa shape index (κ1) is 21.2. The van der Waals surface area contributed by atoms with Crippen LogP contribution in [0.3, 0.4) is 0 Å². The summed E-state index contributed by atoms with van der Waals surface area (Å²) >= 11 is 0. The van der Waals surface area contributed by atoms with Gasteiger partial charge in [-0.3, -0.25) is 9.69 Å². The second-order valence-electron chi connectivity index (χ2n) is 8.87. The number of nitrogens with one attached hydrogen (secondary N) is 1. The van der Waals surface area contributed by atoms with Crippen LogP contribution in [0.15, 0.2) is 24.3 Å². The van der Waals surface area contributed by atoms with Crippen molar-refractivity contribution in [1.82, 2.24) is 19.8 Å². The molecule has 2 saturated heterocycles. The van der Waals surface area contributed by atoms with Crippen LogP contribution in [0.1, 0.15) is 46.3 Å². The molecule has 0 spiro atoms. The average molecular weight is 437 g/mol. The number of anilines is 2. The molecule has 1 aromatic heterocycles. The van der Waals surface area contributed by atoms with Gasteiger partial charge in [-0.1, -0.05) is 6.07 Å². The molecule has 1 aromatic carbocycles. The summed E-state index contributed by atoms with van der Waals surface area (Å²) < 4.78 is 5.46. The van der Waals surface area contributed by atoms with E-state index in [0.29, 0.717) is 13.1 Å². The van der Waals surface area contributed by atoms with Crippen molar-refractivity contribution >= 4 is 17.4 Å². The van der Waals surface area contributed by atoms with Gasteiger partial charge in [0.1, 0.15) is 11.6 Å². The largest absolute Gasteiger partial charge is 0.378 e. The van der Waals surface area contributed by atoms with Crippen molar-refractivity contribution in [2.24, 2.45) is 0 Å². The number of hydrogen-bond donors (Lipinski definition) is 1. The third-order valence-corrected chi connectivity index (χ3v) is 6.89. The second-order valence-corrected chi connectivity index (χ2v) is 8.87. The lowest BCUT2D eigenvalue weighted by atomic mass is 10.0. The molecule has 1 N–H and O–H groups in total. The van der Waals surface area contributed by atoms with Crippen molar-refractivity contribution in [3.63, 3.8) is 0 Å². The maximum atomic E-state index is 13.4. The molecule has 0 radical (unpaired) electrons. The normalized spacial score (nSPS) is 21.5. The number of carbonyl (C=O) groups is 1. The van der Waals surface area contributed by atoms with Crippen LogP contribution in [0.25, 0.3) is 0 Å². The van der Waals surface area contributed by atoms with Crippen LogP contribution in [0.5, 0.6) is 0 Å². The first-order chi connectivity index (χ1) is 15.6. The van der Waals surface area contributed by atoms with Crippen LogP contribution < -0.4 is 10.2 Å². The topological polar surface area (TPSA) is 73.8 Å². The van der Waals surface area contributed by atoms with Crippen molar-refractivity contribution < 1.29 is 9.53 Å². The predicted molar refractivity (Wildman–Crippen MR) is 124 cm³/mol. The van der Waals surface area contributed by atoms with E-state index in [1.54, 1.807) is 0 Å². The highest BCUT2D eigenvalue weighted by Crippen LogP contribution is 2.32. The summed E-state index contributed by atoms with van der Waals surface area (Å²) in [5.41, 5.74) is 3.94. The maximum absolute atomic E-state index is 13.4. The van der Waals surface area contributed by atoms with E-state index in [1.807, 2.05) is 30.1 Å². The summed E-state index contributed by atoms with van der Waals surface area (Å²) in [4.78, 5) is 29.7. The van der Waals surface area contributed by atoms with Crippen molar-refractivity contribution in [1.29, 1.82) is 0 Å². The number of nitrogens with zero attached hydrogens (tertiary/aromatic N) is 5. The van der Waals surface area contributed by atoms with Gasteiger partial charge in [0.2, 0.25) is 0 Å². The lowest BCUT2D eigenvalue weighted by molar-refractivity contribution is 0.0731. The highest BCUT2D eigenvalue weighted by Gasteiger charge is 2.30. The zero-order valence-electron chi connectivity index (χ0n) is 19.0. The van der Waals surface area contributed by atoms with E-state index in [0.717, 1.165) is 79.8 Å². The second kappa shape index (κ2) is 9.03. The van der Waals surface area contributed by atoms with E-state index in [9.17, 15) is 4.79 Å². The molecular weight excluding hydrogens is 404 g/mol. The first-order valence-corrected chi connectivity index (χ1v) is 11.6. The monoisotopic (exact) mass is 436 g/mol. The number of aromatic nitrogens is 2. The number of fused-ring (bicyclic) bond motifs is 1. The van der Waals surface area contributed by atoms with E-state index in [4.69, 9.17) is 14.7 Å². The highest BCUT2D eigenvalue weighted by molar-refractivity contribution is 5.95. The molecule has 0 saturated carbocycles. The molecule has 8 heteroatoms. The average Bonchev–Trinajstić information content (AvgIpc) is 3.29. The lowest BCUT2D eigenvalue weighted by Gasteiger charge is -2.31. The predicted octanol–water partition coefficient (Wildman–Crippen LogP) is 2.32. The molecule has 0 bridgehead atoms. The van der Waals surface area contributed by atoms with Gasteiger partial charge in [-0.05, 0) is 51.1 Å². The van der Waals surface area contributed by atoms with Crippen LogP contribution in [-0.4, -0.2) is 79.2 Å². The molecule has 2 aromatic rings. The van der Waals surface area contributed by atoms with E-state index < -0.39 is 0 Å². The Balaban J connectivity index is 1.38. The van der Waals surface area contributed by atoms with Crippen molar-refractivity contribution in [2.45, 2.75) is 31.8 Å². The van der Waals surface area contributed by atoms with Gasteiger partial charge in [0, 0.05) is 43.5 Å². The highest BCUT2D eigenvalue weighted by atomic mass is 16.5. The summed E-state index contributed by atoms with van der Waals surface area (Å²) in [7, 11) is 4.05. The Morgan fingerprint density at radius 2 is 2.00 bits per heavy atom. The molecule has 1 amide bonds. The summed E-state index contributed by atoms with van der Waals surface area (Å²) in [5.74, 6) is 1.85. The Hall–Kier alpha value is -2.71. The number of benzene rings is 1. The van der Waals surface area contributed by atoms with Crippen LogP contribution in [0.2, 0.25) is 0 Å². The number of amides is 1. The number of ether oxygens (including phenoxy) is 1. The first-order valence-electron chi connectivity index (χ1n) is 11.6. The Morgan fingerprint density at radius 3 is 2.75 bits per heavy atom. The van der Waals surface area contributed by atoms with Crippen molar-refractivity contribution in [2.75, 3.05) is 63.7 Å². The van der Waals surface area contributed by atoms with Gasteiger partial charge < -0.3 is 19.9 Å². The van der Waals surface area contributed by atoms with Crippen LogP contribution in [0.4, 0.5) is 11.5 Å². The standard InChI is InChI=1S/C24H32N6O2/c1-25-22-19-8-10-30(16-20(19)26-23(27-22)21-7-4-9-28(21)2)24(31)17-5-3-6-18(15-17)29-11-13-32-14-12-29/h3,5-6,15,21H,4,7-14,16H2,1-2H3,(H,25,26,27)/t21-/m1/s1. The van der Waals surface area contributed by atoms with E-state index in [2.05, 4.69) is 28.2 Å². The molecule has 0 unspecified atom stereocenters. The van der Waals surface area contributed by atoms with E-state index in [1.165, 1.54) is 6.42 Å². The number of rotatable bonds is 4. The van der Waals surface area contributed by atoms with Crippen molar-refractivity contribution in [3.05, 3.63) is 46.9 Å². The fourth-order valence-electron chi connectivity index (χ4n) is 5.05. The molecule has 8 nitrogen and oxygen atoms in total. The zero-order chi connectivity index (χ0) is 22.1. The molecular formula is C24H32N6O2. The SMILES string of the molecule is CNc1nc([C@H]2CCCN2C)nc2c1CCN(C(=O)c1cccc(N3CCOCC3)c1)C2. The van der Waals surface area contributed by atoms with Gasteiger partial charge in [0.15, 0.2) is 0 Å². The third-order valence-electron chi connectivity index (χ3n) is 6.89. The smallest absolute Gasteiger partial charge is 0.254 e. The summed E-state index contributed by atoms with van der Waals surface area (Å²) in [6, 6.07) is 8.24. The molecule has 3 aliphatic rings. The van der Waals surface area contributed by atoms with Gasteiger partial charge in [-0.25, -0.2) is 9.97 Å². The third kappa shape index (κ3) is 4.04. The number of morpholine rings is 1. The summed E-state index contributed by atoms with van der Waals surface area (Å²) in [5, 5.41) is 3.26. The number of likely N-dealkylation sites (tertiary alicyclic amines) is 1. The summed E-state index contributed by atoms with van der Waals surface area (Å²) in [6.07, 6.45) is 3.01. The fraction of sp³-hybridized carbons (Fsp3) is 0.542. The zero-order valence-corrected chi connectivity index (χ0v) is 19.0. The molecule has 3 aliphatic heterocycles. The molecule has 5 rings (SSSR count). The van der Waals surface area contributed by atoms with Gasteiger partial charge >= 0.3 is 0 Å². The molecule has 2 fully saturated rings. The van der Waals surface area contributed by atoms with Crippen LogP contribution in [0, 0.1) is 0 Å². The van der Waals surface area contributed by atoms with Crippen LogP contribution >= 0.6 is 0 Å². The van der Waals surface area contributed by atoms with Crippen LogP contribution in [-0.2, 0) is 17.7 Å². The molecule has 0 aliphatic carbocycles. The number of carbonyl (C=O) groups excluding carboxylic acids is 1. The van der Waals surface area contributed by atoms with Gasteiger partial charge in [0.25, 0.3) is 5.91 Å². The van der Waals surface area contributed by atoms with Gasteiger partial charge in [-0.2, -0.15) is 0 Å². The minimum atomic E-state index is 0.0647. The van der Waals surface area contributed by atoms with Gasteiger partial charge in [-0.15, -0.1) is 0 Å². The lowest BCUT2D eigenvalue weighted by Crippen LogP contribution is -2.38. The Kier molecular flexibility index (Phi) is 5.97. The molecule has 4 heterocycles. The Labute approximate surface area is 189 Å². The Bertz CT molecular complexity index is 990. The quantitative estimate of drug-likeness (QED) is 0.788. The minimum absolute atomic E-state index is 0.0647. The Morgan fingerprint density at radius 1 is 1.16 bits per heavy atom. The number of hydrogen-bond acceptors (Lipinski definition) is 7. The molecule has 32 heavy (non-hydrogen) atoms. The van der Waals surface area contributed by atoms with E-state index in [-0.39, 0.29) is 11.9 Å². The molecule has 1 atom stereocenters. The van der Waals surface area contributed by atoms with Crippen molar-refractivity contribution in [3.8, 4) is 0 Å². The molecule has 170 valence electrons. The van der Waals surface area contributed by atoms with Gasteiger partial charge in [0.05, 0.1) is 31.5 Å². The maximum Gasteiger partial charge on any atom is 0.254 e.